The maximum Gasteiger partial charge on any atom is 0.234 e. The van der Waals surface area contributed by atoms with Gasteiger partial charge in [-0.15, -0.1) is 6.58 Å². The quantitative estimate of drug-likeness (QED) is 0.405. The zero-order chi connectivity index (χ0) is 20.6. The van der Waals surface area contributed by atoms with Gasteiger partial charge in [0.25, 0.3) is 0 Å². The molecule has 28 heavy (non-hydrogen) atoms. The van der Waals surface area contributed by atoms with Crippen molar-refractivity contribution in [3.05, 3.63) is 53.1 Å². The summed E-state index contributed by atoms with van der Waals surface area (Å²) < 4.78 is 0. The minimum atomic E-state index is -1.41. The number of rotatable bonds is 2. The third-order valence-electron chi connectivity index (χ3n) is 7.07. The van der Waals surface area contributed by atoms with Crippen LogP contribution in [0.4, 0.5) is 5.69 Å². The van der Waals surface area contributed by atoms with E-state index in [2.05, 4.69) is 16.7 Å². The smallest absolute Gasteiger partial charge is 0.234 e. The van der Waals surface area contributed by atoms with Crippen molar-refractivity contribution in [1.82, 2.24) is 0 Å². The van der Waals surface area contributed by atoms with E-state index in [0.29, 0.717) is 10.6 Å². The van der Waals surface area contributed by atoms with Crippen molar-refractivity contribution in [1.29, 1.82) is 0 Å². The normalized spacial score (nSPS) is 34.9. The molecule has 1 heterocycles. The maximum atomic E-state index is 14.1. The van der Waals surface area contributed by atoms with Gasteiger partial charge in [-0.05, 0) is 41.7 Å². The lowest BCUT2D eigenvalue weighted by molar-refractivity contribution is -0.134. The number of benzene rings is 1. The maximum absolute atomic E-state index is 14.1. The molecule has 4 nitrogen and oxygen atoms in total. The molecular weight excluding hydrogens is 392 g/mol. The van der Waals surface area contributed by atoms with E-state index in [9.17, 15) is 9.59 Å². The monoisotopic (exact) mass is 412 g/mol. The second-order valence-electron chi connectivity index (χ2n) is 8.57. The standard InChI is InChI=1S/C22H21ClN2O2S/c1-6-21(4)15(23)10-13-18(26)22(21,24-11-28)12-8-7-9-14-16(12)17(20(13,2)3)19(27)25(14)5/h6-10,13,17H,1H2,2-5H3/t13-,17-,21+,22+/m0/s1. The molecule has 4 atom stereocenters. The van der Waals surface area contributed by atoms with Crippen LogP contribution < -0.4 is 4.90 Å². The Bertz CT molecular complexity index is 1040. The van der Waals surface area contributed by atoms with Crippen molar-refractivity contribution in [2.75, 3.05) is 11.9 Å². The van der Waals surface area contributed by atoms with Gasteiger partial charge in [0.15, 0.2) is 11.3 Å². The lowest BCUT2D eigenvalue weighted by Gasteiger charge is -2.48. The molecule has 144 valence electrons. The highest BCUT2D eigenvalue weighted by atomic mass is 35.5. The topological polar surface area (TPSA) is 49.7 Å². The van der Waals surface area contributed by atoms with E-state index in [1.165, 1.54) is 0 Å². The number of aliphatic imine (C=N–C) groups is 1. The lowest BCUT2D eigenvalue weighted by atomic mass is 9.57. The third kappa shape index (κ3) is 1.87. The number of carbonyl (C=O) groups excluding carboxylic acids is 2. The number of thiocarbonyl (C=S) groups is 1. The molecule has 3 aliphatic rings. The number of allylic oxidation sites excluding steroid dienone is 1. The van der Waals surface area contributed by atoms with Crippen LogP contribution in [0.3, 0.4) is 0 Å². The van der Waals surface area contributed by atoms with Gasteiger partial charge >= 0.3 is 0 Å². The van der Waals surface area contributed by atoms with Crippen LogP contribution in [0, 0.1) is 16.7 Å². The van der Waals surface area contributed by atoms with Gasteiger partial charge in [0, 0.05) is 23.7 Å². The van der Waals surface area contributed by atoms with E-state index in [0.717, 1.165) is 11.3 Å². The van der Waals surface area contributed by atoms with Crippen LogP contribution in [0.2, 0.25) is 0 Å². The predicted molar refractivity (Wildman–Crippen MR) is 114 cm³/mol. The van der Waals surface area contributed by atoms with E-state index < -0.39 is 28.2 Å². The first-order valence-corrected chi connectivity index (χ1v) is 9.94. The molecule has 0 saturated carbocycles. The summed E-state index contributed by atoms with van der Waals surface area (Å²) in [7, 11) is 1.77. The van der Waals surface area contributed by atoms with E-state index in [4.69, 9.17) is 23.8 Å². The van der Waals surface area contributed by atoms with Crippen LogP contribution >= 0.6 is 23.8 Å². The molecule has 2 bridgehead atoms. The van der Waals surface area contributed by atoms with Gasteiger partial charge in [0.2, 0.25) is 5.91 Å². The Kier molecular flexibility index (Phi) is 3.94. The molecule has 2 aliphatic carbocycles. The summed E-state index contributed by atoms with van der Waals surface area (Å²) in [6.07, 6.45) is 3.43. The number of amides is 1. The Morgan fingerprint density at radius 3 is 2.61 bits per heavy atom. The Balaban J connectivity index is 2.28. The first kappa shape index (κ1) is 19.3. The Labute approximate surface area is 175 Å². The van der Waals surface area contributed by atoms with Gasteiger partial charge in [0.1, 0.15) is 0 Å². The first-order chi connectivity index (χ1) is 13.1. The number of halogens is 1. The molecule has 0 spiro atoms. The number of likely N-dealkylation sites (N-methyl/N-ethyl adjacent to an activating group) is 1. The van der Waals surface area contributed by atoms with E-state index >= 15 is 0 Å². The molecular formula is C22H21ClN2O2S. The molecule has 4 rings (SSSR count). The van der Waals surface area contributed by atoms with Gasteiger partial charge in [-0.3, -0.25) is 9.59 Å². The Morgan fingerprint density at radius 1 is 1.32 bits per heavy atom. The van der Waals surface area contributed by atoms with Crippen LogP contribution in [-0.4, -0.2) is 23.9 Å². The fraction of sp³-hybridized carbons (Fsp3) is 0.409. The van der Waals surface area contributed by atoms with E-state index in [-0.39, 0.29) is 11.7 Å². The average molecular weight is 413 g/mol. The van der Waals surface area contributed by atoms with Crippen LogP contribution in [0.5, 0.6) is 0 Å². The Morgan fingerprint density at radius 2 is 2.00 bits per heavy atom. The van der Waals surface area contributed by atoms with Crippen LogP contribution in [0.1, 0.15) is 37.8 Å². The van der Waals surface area contributed by atoms with Crippen LogP contribution in [0.15, 0.2) is 47.0 Å². The van der Waals surface area contributed by atoms with Gasteiger partial charge in [-0.25, -0.2) is 4.99 Å². The number of carbonyl (C=O) groups is 2. The van der Waals surface area contributed by atoms with Crippen molar-refractivity contribution in [2.24, 2.45) is 21.7 Å². The molecule has 1 aliphatic heterocycles. The third-order valence-corrected chi connectivity index (χ3v) is 7.68. The molecule has 1 aromatic rings. The first-order valence-electron chi connectivity index (χ1n) is 9.15. The molecule has 0 fully saturated rings. The number of anilines is 1. The van der Waals surface area contributed by atoms with E-state index in [1.54, 1.807) is 24.1 Å². The number of nitrogens with zero attached hydrogens (tertiary/aromatic N) is 2. The number of Topliss-reactive ketones (excluding diaryl/α,β-unsaturated/α-hetero) is 1. The summed E-state index contributed by atoms with van der Waals surface area (Å²) >= 11 is 11.8. The largest absolute Gasteiger partial charge is 0.315 e. The van der Waals surface area contributed by atoms with Crippen molar-refractivity contribution >= 4 is 46.4 Å². The van der Waals surface area contributed by atoms with Crippen molar-refractivity contribution in [2.45, 2.75) is 32.2 Å². The van der Waals surface area contributed by atoms with Crippen LogP contribution in [-0.2, 0) is 15.1 Å². The van der Waals surface area contributed by atoms with Gasteiger partial charge in [-0.1, -0.05) is 49.7 Å². The Hall–Kier alpha value is -2.07. The second-order valence-corrected chi connectivity index (χ2v) is 9.16. The summed E-state index contributed by atoms with van der Waals surface area (Å²) in [5.41, 5.74) is -0.807. The highest BCUT2D eigenvalue weighted by molar-refractivity contribution is 7.78. The highest BCUT2D eigenvalue weighted by Crippen LogP contribution is 2.65. The summed E-state index contributed by atoms with van der Waals surface area (Å²) in [5, 5.41) is 2.93. The fourth-order valence-corrected chi connectivity index (χ4v) is 5.81. The number of hydrogen-bond donors (Lipinski definition) is 0. The minimum absolute atomic E-state index is 0.0286. The molecule has 0 unspecified atom stereocenters. The summed E-state index contributed by atoms with van der Waals surface area (Å²) in [6, 6.07) is 5.61. The number of isothiocyanates is 1. The van der Waals surface area contributed by atoms with Gasteiger partial charge < -0.3 is 4.90 Å². The minimum Gasteiger partial charge on any atom is -0.315 e. The number of ketones is 1. The summed E-state index contributed by atoms with van der Waals surface area (Å²) in [5.74, 6) is -1.23. The number of hydrogen-bond acceptors (Lipinski definition) is 4. The highest BCUT2D eigenvalue weighted by Gasteiger charge is 2.67. The van der Waals surface area contributed by atoms with Crippen molar-refractivity contribution in [3.8, 4) is 0 Å². The summed E-state index contributed by atoms with van der Waals surface area (Å²) in [6.45, 7) is 9.71. The molecule has 1 aromatic carbocycles. The molecule has 0 aromatic heterocycles. The molecule has 0 saturated heterocycles. The van der Waals surface area contributed by atoms with Crippen LogP contribution in [0.25, 0.3) is 0 Å². The predicted octanol–water partition coefficient (Wildman–Crippen LogP) is 4.60. The average Bonchev–Trinajstić information content (AvgIpc) is 2.90. The molecule has 0 N–H and O–H groups in total. The molecule has 0 radical (unpaired) electrons. The van der Waals surface area contributed by atoms with Crippen molar-refractivity contribution < 1.29 is 9.59 Å². The van der Waals surface area contributed by atoms with E-state index in [1.807, 2.05) is 39.0 Å². The SMILES string of the molecule is C=C[C@]1(C)C(Cl)=C[C@H]2C(=O)[C@]1(N=C=S)c1cccc3c1[C@@H](C(=O)N3C)C2(C)C. The molecule has 1 amide bonds. The molecule has 6 heteroatoms. The zero-order valence-electron chi connectivity index (χ0n) is 16.2. The van der Waals surface area contributed by atoms with Crippen molar-refractivity contribution in [3.63, 3.8) is 0 Å². The second kappa shape index (κ2) is 5.73. The zero-order valence-corrected chi connectivity index (χ0v) is 17.8. The van der Waals surface area contributed by atoms with Gasteiger partial charge in [0.05, 0.1) is 16.5 Å². The fourth-order valence-electron chi connectivity index (χ4n) is 5.33. The summed E-state index contributed by atoms with van der Waals surface area (Å²) in [4.78, 5) is 33.5. The van der Waals surface area contributed by atoms with Gasteiger partial charge in [-0.2, -0.15) is 0 Å². The lowest BCUT2D eigenvalue weighted by Crippen LogP contribution is -2.55. The number of fused-ring (bicyclic) bond motifs is 3.